The largest absolute Gasteiger partial charge is 0.349 e. The summed E-state index contributed by atoms with van der Waals surface area (Å²) in [4.78, 5) is 13.4. The van der Waals surface area contributed by atoms with E-state index in [1.807, 2.05) is 35.0 Å². The highest BCUT2D eigenvalue weighted by Crippen LogP contribution is 2.22. The fraction of sp³-hybridized carbons (Fsp3) is 0.167. The molecular formula is C18H17FN2O. The van der Waals surface area contributed by atoms with Crippen LogP contribution in [0.2, 0.25) is 0 Å². The van der Waals surface area contributed by atoms with Crippen LogP contribution in [-0.4, -0.2) is 29.5 Å². The molecule has 0 aliphatic carbocycles. The molecule has 0 aliphatic rings. The fourth-order valence-corrected chi connectivity index (χ4v) is 2.46. The lowest BCUT2D eigenvalue weighted by molar-refractivity contribution is -0.127. The van der Waals surface area contributed by atoms with Gasteiger partial charge in [0.1, 0.15) is 5.82 Å². The molecule has 0 radical (unpaired) electrons. The van der Waals surface area contributed by atoms with Gasteiger partial charge in [-0.15, -0.1) is 0 Å². The van der Waals surface area contributed by atoms with Crippen LogP contribution in [0.25, 0.3) is 16.6 Å². The van der Waals surface area contributed by atoms with Crippen LogP contribution in [0, 0.1) is 5.82 Å². The van der Waals surface area contributed by atoms with Crippen molar-refractivity contribution in [2.45, 2.75) is 6.42 Å². The van der Waals surface area contributed by atoms with Crippen molar-refractivity contribution in [3.05, 3.63) is 66.1 Å². The number of rotatable bonds is 3. The molecule has 3 aromatic rings. The maximum absolute atomic E-state index is 13.0. The van der Waals surface area contributed by atoms with Gasteiger partial charge < -0.3 is 9.47 Å². The van der Waals surface area contributed by atoms with E-state index in [9.17, 15) is 9.18 Å². The Morgan fingerprint density at radius 1 is 1.09 bits per heavy atom. The number of benzene rings is 2. The lowest BCUT2D eigenvalue weighted by atomic mass is 10.1. The van der Waals surface area contributed by atoms with Gasteiger partial charge in [-0.2, -0.15) is 0 Å². The smallest absolute Gasteiger partial charge is 0.226 e. The van der Waals surface area contributed by atoms with Crippen LogP contribution in [0.5, 0.6) is 0 Å². The Kier molecular flexibility index (Phi) is 3.67. The zero-order chi connectivity index (χ0) is 15.7. The Morgan fingerprint density at radius 2 is 1.82 bits per heavy atom. The molecule has 112 valence electrons. The molecule has 0 saturated heterocycles. The van der Waals surface area contributed by atoms with Gasteiger partial charge in [0.15, 0.2) is 0 Å². The van der Waals surface area contributed by atoms with Crippen molar-refractivity contribution >= 4 is 16.8 Å². The van der Waals surface area contributed by atoms with Gasteiger partial charge in [-0.3, -0.25) is 4.79 Å². The van der Waals surface area contributed by atoms with Crippen LogP contribution in [0.1, 0.15) is 5.56 Å². The van der Waals surface area contributed by atoms with Gasteiger partial charge in [0.25, 0.3) is 0 Å². The van der Waals surface area contributed by atoms with Crippen molar-refractivity contribution in [2.75, 3.05) is 14.1 Å². The van der Waals surface area contributed by atoms with Crippen molar-refractivity contribution < 1.29 is 9.18 Å². The molecule has 1 aromatic heterocycles. The number of carbonyl (C=O) groups excluding carboxylic acids is 1. The summed E-state index contributed by atoms with van der Waals surface area (Å²) in [5.41, 5.74) is 2.93. The fourth-order valence-electron chi connectivity index (χ4n) is 2.46. The van der Waals surface area contributed by atoms with Gasteiger partial charge >= 0.3 is 0 Å². The Balaban J connectivity index is 1.96. The Bertz CT molecular complexity index is 819. The predicted molar refractivity (Wildman–Crippen MR) is 85.6 cm³/mol. The zero-order valence-corrected chi connectivity index (χ0v) is 12.6. The molecule has 0 aliphatic heterocycles. The van der Waals surface area contributed by atoms with E-state index in [4.69, 9.17) is 0 Å². The molecule has 0 fully saturated rings. The molecule has 0 N–H and O–H groups in total. The summed E-state index contributed by atoms with van der Waals surface area (Å²) in [6.07, 6.45) is 2.35. The molecule has 3 nitrogen and oxygen atoms in total. The number of hydrogen-bond donors (Lipinski definition) is 0. The molecule has 0 unspecified atom stereocenters. The minimum Gasteiger partial charge on any atom is -0.349 e. The van der Waals surface area contributed by atoms with Crippen LogP contribution in [0.15, 0.2) is 54.7 Å². The molecule has 1 heterocycles. The number of halogens is 1. The second-order valence-corrected chi connectivity index (χ2v) is 5.52. The van der Waals surface area contributed by atoms with Gasteiger partial charge in [0, 0.05) is 31.4 Å². The maximum atomic E-state index is 13.0. The standard InChI is InChI=1S/C18H17FN2O/c1-20(2)18(22)12-13-3-8-17-14(11-13)9-10-21(17)16-6-4-15(19)5-7-16/h3-11H,12H2,1-2H3. The molecule has 1 amide bonds. The Labute approximate surface area is 128 Å². The number of nitrogens with zero attached hydrogens (tertiary/aromatic N) is 2. The first-order valence-corrected chi connectivity index (χ1v) is 7.11. The third-order valence-corrected chi connectivity index (χ3v) is 3.71. The van der Waals surface area contributed by atoms with Gasteiger partial charge in [-0.25, -0.2) is 4.39 Å². The van der Waals surface area contributed by atoms with Crippen molar-refractivity contribution in [3.8, 4) is 5.69 Å². The van der Waals surface area contributed by atoms with Crippen molar-refractivity contribution in [1.82, 2.24) is 9.47 Å². The number of likely N-dealkylation sites (N-methyl/N-ethyl adjacent to an activating group) is 1. The molecule has 0 atom stereocenters. The lowest BCUT2D eigenvalue weighted by Crippen LogP contribution is -2.23. The molecule has 3 rings (SSSR count). The topological polar surface area (TPSA) is 25.2 Å². The van der Waals surface area contributed by atoms with Crippen LogP contribution >= 0.6 is 0 Å². The highest BCUT2D eigenvalue weighted by molar-refractivity contribution is 5.85. The second kappa shape index (κ2) is 5.64. The first-order valence-electron chi connectivity index (χ1n) is 7.11. The van der Waals surface area contributed by atoms with Gasteiger partial charge in [-0.1, -0.05) is 6.07 Å². The highest BCUT2D eigenvalue weighted by Gasteiger charge is 2.08. The predicted octanol–water partition coefficient (Wildman–Crippen LogP) is 3.40. The average molecular weight is 296 g/mol. The Morgan fingerprint density at radius 3 is 2.50 bits per heavy atom. The number of carbonyl (C=O) groups is 1. The van der Waals surface area contributed by atoms with Crippen molar-refractivity contribution in [2.24, 2.45) is 0 Å². The van der Waals surface area contributed by atoms with E-state index in [-0.39, 0.29) is 11.7 Å². The van der Waals surface area contributed by atoms with Crippen LogP contribution < -0.4 is 0 Å². The first kappa shape index (κ1) is 14.3. The summed E-state index contributed by atoms with van der Waals surface area (Å²) in [5.74, 6) is -0.165. The second-order valence-electron chi connectivity index (χ2n) is 5.52. The van der Waals surface area contributed by atoms with Crippen LogP contribution in [0.4, 0.5) is 4.39 Å². The monoisotopic (exact) mass is 296 g/mol. The summed E-state index contributed by atoms with van der Waals surface area (Å²) < 4.78 is 15.0. The number of aromatic nitrogens is 1. The van der Waals surface area contributed by atoms with Crippen molar-refractivity contribution in [1.29, 1.82) is 0 Å². The Hall–Kier alpha value is -2.62. The van der Waals surface area contributed by atoms with Crippen LogP contribution in [-0.2, 0) is 11.2 Å². The van der Waals surface area contributed by atoms with E-state index in [1.54, 1.807) is 31.1 Å². The van der Waals surface area contributed by atoms with E-state index < -0.39 is 0 Å². The molecule has 0 saturated carbocycles. The zero-order valence-electron chi connectivity index (χ0n) is 12.6. The molecule has 4 heteroatoms. The van der Waals surface area contributed by atoms with Gasteiger partial charge in [0.2, 0.25) is 5.91 Å². The van der Waals surface area contributed by atoms with E-state index >= 15 is 0 Å². The summed E-state index contributed by atoms with van der Waals surface area (Å²) in [7, 11) is 3.51. The van der Waals surface area contributed by atoms with E-state index in [0.29, 0.717) is 6.42 Å². The molecule has 0 bridgehead atoms. The maximum Gasteiger partial charge on any atom is 0.226 e. The van der Waals surface area contributed by atoms with E-state index in [0.717, 1.165) is 22.2 Å². The molecule has 22 heavy (non-hydrogen) atoms. The first-order chi connectivity index (χ1) is 10.5. The number of amides is 1. The normalized spacial score (nSPS) is 10.9. The third kappa shape index (κ3) is 2.72. The average Bonchev–Trinajstić information content (AvgIpc) is 2.91. The molecule has 0 spiro atoms. The van der Waals surface area contributed by atoms with Gasteiger partial charge in [-0.05, 0) is 48.0 Å². The SMILES string of the molecule is CN(C)C(=O)Cc1ccc2c(ccn2-c2ccc(F)cc2)c1. The van der Waals surface area contributed by atoms with Crippen LogP contribution in [0.3, 0.4) is 0 Å². The van der Waals surface area contributed by atoms with E-state index in [1.165, 1.54) is 12.1 Å². The molecule has 2 aromatic carbocycles. The summed E-state index contributed by atoms with van der Waals surface area (Å²) in [6.45, 7) is 0. The minimum atomic E-state index is -0.246. The minimum absolute atomic E-state index is 0.0808. The summed E-state index contributed by atoms with van der Waals surface area (Å²) >= 11 is 0. The van der Waals surface area contributed by atoms with Crippen molar-refractivity contribution in [3.63, 3.8) is 0 Å². The third-order valence-electron chi connectivity index (χ3n) is 3.71. The molecular weight excluding hydrogens is 279 g/mol. The van der Waals surface area contributed by atoms with E-state index in [2.05, 4.69) is 0 Å². The highest BCUT2D eigenvalue weighted by atomic mass is 19.1. The summed E-state index contributed by atoms with van der Waals surface area (Å²) in [5, 5.41) is 1.06. The van der Waals surface area contributed by atoms with Gasteiger partial charge in [0.05, 0.1) is 11.9 Å². The summed E-state index contributed by atoms with van der Waals surface area (Å²) in [6, 6.07) is 14.4. The number of hydrogen-bond acceptors (Lipinski definition) is 1. The lowest BCUT2D eigenvalue weighted by Gasteiger charge is -2.10. The quantitative estimate of drug-likeness (QED) is 0.727. The number of fused-ring (bicyclic) bond motifs is 1.